The van der Waals surface area contributed by atoms with E-state index in [1.807, 2.05) is 0 Å². The van der Waals surface area contributed by atoms with Gasteiger partial charge in [-0.2, -0.15) is 0 Å². The molecule has 3 aromatic rings. The molecule has 0 saturated carbocycles. The van der Waals surface area contributed by atoms with Gasteiger partial charge in [0.2, 0.25) is 11.6 Å². The standard InChI is InChI=1S/C21H20N4O7S/c1-11(26)24-9-8-14-15(10-24)33-19(16(14)20(28)31-3)22-18(27)17-21(29)32-23-25(17)12-4-6-13(30-2)7-5-12/h4-7H,8-10H2,1-3H3,(H-,22,23,27,28,29). The van der Waals surface area contributed by atoms with E-state index >= 15 is 0 Å². The summed E-state index contributed by atoms with van der Waals surface area (Å²) in [5.41, 5.74) is 0.0250. The van der Waals surface area contributed by atoms with Crippen molar-refractivity contribution in [2.75, 3.05) is 20.8 Å². The summed E-state index contributed by atoms with van der Waals surface area (Å²) in [5.74, 6) is -1.03. The quantitative estimate of drug-likeness (QED) is 0.246. The number of hydrogen-bond acceptors (Lipinski definition) is 9. The zero-order chi connectivity index (χ0) is 23.7. The van der Waals surface area contributed by atoms with E-state index in [-0.39, 0.29) is 22.2 Å². The van der Waals surface area contributed by atoms with E-state index in [4.69, 9.17) is 14.0 Å². The SMILES string of the molecule is COC(=O)c1c(/N=C(\[O-])c2c(=O)o[nH][n+]2-c2ccc(OC)cc2)sc2c1CCN(C(C)=O)C2. The second kappa shape index (κ2) is 8.90. The molecule has 1 aliphatic rings. The van der Waals surface area contributed by atoms with Crippen molar-refractivity contribution in [2.45, 2.75) is 19.9 Å². The van der Waals surface area contributed by atoms with E-state index in [2.05, 4.69) is 10.3 Å². The van der Waals surface area contributed by atoms with E-state index in [0.717, 1.165) is 20.9 Å². The molecule has 172 valence electrons. The number of thiophene rings is 1. The van der Waals surface area contributed by atoms with Gasteiger partial charge in [0.25, 0.3) is 0 Å². The minimum absolute atomic E-state index is 0.0892. The minimum atomic E-state index is -0.914. The molecule has 11 nitrogen and oxygen atoms in total. The molecule has 12 heteroatoms. The lowest BCUT2D eigenvalue weighted by atomic mass is 10.0. The number of nitrogens with one attached hydrogen (secondary N) is 1. The summed E-state index contributed by atoms with van der Waals surface area (Å²) in [6.07, 6.45) is 0.428. The summed E-state index contributed by atoms with van der Waals surface area (Å²) in [5, 5.41) is 15.6. The molecule has 0 saturated heterocycles. The third-order valence-electron chi connectivity index (χ3n) is 5.26. The molecular weight excluding hydrogens is 452 g/mol. The average Bonchev–Trinajstić information content (AvgIpc) is 3.37. The van der Waals surface area contributed by atoms with E-state index < -0.39 is 17.5 Å². The first kappa shape index (κ1) is 22.3. The number of aromatic amines is 1. The molecule has 3 heterocycles. The number of carbonyl (C=O) groups excluding carboxylic acids is 2. The highest BCUT2D eigenvalue weighted by Crippen LogP contribution is 2.39. The summed E-state index contributed by atoms with van der Waals surface area (Å²) in [4.78, 5) is 43.0. The molecule has 1 amide bonds. The Morgan fingerprint density at radius 2 is 2.00 bits per heavy atom. The zero-order valence-corrected chi connectivity index (χ0v) is 18.9. The van der Waals surface area contributed by atoms with E-state index in [1.165, 1.54) is 21.1 Å². The number of benzene rings is 1. The van der Waals surface area contributed by atoms with Crippen LogP contribution in [0.1, 0.15) is 33.4 Å². The highest BCUT2D eigenvalue weighted by atomic mass is 32.1. The van der Waals surface area contributed by atoms with Crippen LogP contribution < -0.4 is 20.2 Å². The smallest absolute Gasteiger partial charge is 0.436 e. The van der Waals surface area contributed by atoms with Gasteiger partial charge in [-0.1, -0.05) is 0 Å². The van der Waals surface area contributed by atoms with Gasteiger partial charge in [-0.3, -0.25) is 9.32 Å². The fraction of sp³-hybridized carbons (Fsp3) is 0.286. The van der Waals surface area contributed by atoms with Crippen LogP contribution in [0.3, 0.4) is 0 Å². The first-order valence-electron chi connectivity index (χ1n) is 9.86. The molecule has 0 spiro atoms. The van der Waals surface area contributed by atoms with Crippen molar-refractivity contribution >= 4 is 34.1 Å². The predicted octanol–water partition coefficient (Wildman–Crippen LogP) is 0.445. The van der Waals surface area contributed by atoms with Gasteiger partial charge in [-0.25, -0.2) is 14.6 Å². The van der Waals surface area contributed by atoms with Crippen LogP contribution in [0.2, 0.25) is 0 Å². The summed E-state index contributed by atoms with van der Waals surface area (Å²) in [6.45, 7) is 2.22. The molecule has 33 heavy (non-hydrogen) atoms. The first-order chi connectivity index (χ1) is 15.8. The van der Waals surface area contributed by atoms with Crippen LogP contribution in [-0.2, 0) is 22.5 Å². The van der Waals surface area contributed by atoms with Gasteiger partial charge in [0, 0.05) is 30.5 Å². The van der Waals surface area contributed by atoms with Crippen molar-refractivity contribution in [3.05, 3.63) is 56.4 Å². The molecule has 0 atom stereocenters. The number of fused-ring (bicyclic) bond motifs is 1. The van der Waals surface area contributed by atoms with Crippen molar-refractivity contribution < 1.29 is 33.4 Å². The second-order valence-electron chi connectivity index (χ2n) is 7.15. The molecule has 0 bridgehead atoms. The van der Waals surface area contributed by atoms with Gasteiger partial charge in [-0.05, 0) is 34.1 Å². The molecule has 0 unspecified atom stereocenters. The molecule has 1 aromatic carbocycles. The van der Waals surface area contributed by atoms with Crippen LogP contribution in [0, 0.1) is 0 Å². The normalized spacial score (nSPS) is 13.5. The first-order valence-corrected chi connectivity index (χ1v) is 10.7. The molecule has 0 radical (unpaired) electrons. The third kappa shape index (κ3) is 4.12. The lowest BCUT2D eigenvalue weighted by Gasteiger charge is -2.25. The maximum atomic E-state index is 13.1. The van der Waals surface area contributed by atoms with Crippen molar-refractivity contribution in [2.24, 2.45) is 4.99 Å². The lowest BCUT2D eigenvalue weighted by molar-refractivity contribution is -0.673. The Bertz CT molecular complexity index is 1300. The molecule has 0 fully saturated rings. The highest BCUT2D eigenvalue weighted by Gasteiger charge is 2.30. The number of methoxy groups -OCH3 is 2. The van der Waals surface area contributed by atoms with E-state index in [1.54, 1.807) is 29.2 Å². The largest absolute Gasteiger partial charge is 0.854 e. The van der Waals surface area contributed by atoms with Crippen molar-refractivity contribution in [1.29, 1.82) is 0 Å². The molecule has 2 aromatic heterocycles. The van der Waals surface area contributed by atoms with Gasteiger partial charge >= 0.3 is 17.3 Å². The summed E-state index contributed by atoms with van der Waals surface area (Å²) >= 11 is 1.11. The number of H-pyrrole nitrogens is 1. The Kier molecular flexibility index (Phi) is 6.01. The van der Waals surface area contributed by atoms with Crippen molar-refractivity contribution in [1.82, 2.24) is 10.2 Å². The van der Waals surface area contributed by atoms with Crippen LogP contribution in [-0.4, -0.2) is 48.7 Å². The summed E-state index contributed by atoms with van der Waals surface area (Å²) in [7, 11) is 2.76. The Morgan fingerprint density at radius 3 is 2.64 bits per heavy atom. The molecule has 1 aliphatic heterocycles. The number of esters is 1. The van der Waals surface area contributed by atoms with Gasteiger partial charge in [0.15, 0.2) is 0 Å². The number of amides is 1. The number of aliphatic imine (C=N–C) groups is 1. The Balaban J connectivity index is 1.79. The minimum Gasteiger partial charge on any atom is -0.854 e. The Labute approximate surface area is 191 Å². The fourth-order valence-corrected chi connectivity index (χ4v) is 4.78. The Hall–Kier alpha value is -3.93. The third-order valence-corrected chi connectivity index (χ3v) is 6.37. The predicted molar refractivity (Wildman–Crippen MR) is 114 cm³/mol. The molecule has 4 rings (SSSR count). The maximum Gasteiger partial charge on any atom is 0.436 e. The number of hydrogen-bond donors (Lipinski definition) is 1. The Morgan fingerprint density at radius 1 is 1.27 bits per heavy atom. The van der Waals surface area contributed by atoms with Gasteiger partial charge < -0.3 is 19.5 Å². The number of carbonyl (C=O) groups is 2. The number of ether oxygens (including phenoxy) is 2. The molecular formula is C21H20N4O7S. The van der Waals surface area contributed by atoms with Gasteiger partial charge in [0.05, 0.1) is 32.2 Å². The van der Waals surface area contributed by atoms with Crippen molar-refractivity contribution in [3.8, 4) is 11.4 Å². The van der Waals surface area contributed by atoms with E-state index in [9.17, 15) is 19.5 Å². The average molecular weight is 472 g/mol. The van der Waals surface area contributed by atoms with Gasteiger partial charge in [0.1, 0.15) is 10.8 Å². The van der Waals surface area contributed by atoms with Crippen LogP contribution in [0.4, 0.5) is 5.00 Å². The van der Waals surface area contributed by atoms with Crippen LogP contribution >= 0.6 is 11.3 Å². The number of nitrogens with zero attached hydrogens (tertiary/aromatic N) is 3. The fourth-order valence-electron chi connectivity index (χ4n) is 3.56. The van der Waals surface area contributed by atoms with Gasteiger partial charge in [-0.15, -0.1) is 11.3 Å². The summed E-state index contributed by atoms with van der Waals surface area (Å²) < 4.78 is 16.0. The number of aromatic nitrogens is 2. The van der Waals surface area contributed by atoms with Crippen LogP contribution in [0.25, 0.3) is 5.69 Å². The van der Waals surface area contributed by atoms with Crippen LogP contribution in [0.5, 0.6) is 5.75 Å². The second-order valence-corrected chi connectivity index (χ2v) is 8.23. The number of rotatable bonds is 5. The zero-order valence-electron chi connectivity index (χ0n) is 18.0. The molecule has 1 N–H and O–H groups in total. The highest BCUT2D eigenvalue weighted by molar-refractivity contribution is 7.16. The molecule has 0 aliphatic carbocycles. The summed E-state index contributed by atoms with van der Waals surface area (Å²) in [6, 6.07) is 6.56. The van der Waals surface area contributed by atoms with Crippen LogP contribution in [0.15, 0.2) is 38.6 Å². The van der Waals surface area contributed by atoms with Crippen molar-refractivity contribution in [3.63, 3.8) is 0 Å². The topological polar surface area (TPSA) is 141 Å². The lowest BCUT2D eigenvalue weighted by Crippen LogP contribution is -2.44. The maximum absolute atomic E-state index is 13.1. The van der Waals surface area contributed by atoms with E-state index in [0.29, 0.717) is 36.5 Å². The monoisotopic (exact) mass is 472 g/mol.